The summed E-state index contributed by atoms with van der Waals surface area (Å²) in [5, 5.41) is 2.77. The average molecular weight is 367 g/mol. The summed E-state index contributed by atoms with van der Waals surface area (Å²) in [6, 6.07) is 17.0. The number of nitrogens with one attached hydrogen (secondary N) is 1. The molecule has 0 radical (unpaired) electrons. The zero-order valence-corrected chi connectivity index (χ0v) is 15.5. The van der Waals surface area contributed by atoms with Gasteiger partial charge in [-0.25, -0.2) is 0 Å². The van der Waals surface area contributed by atoms with Crippen LogP contribution >= 0.6 is 0 Å². The van der Waals surface area contributed by atoms with Gasteiger partial charge < -0.3 is 14.8 Å². The highest BCUT2D eigenvalue weighted by Gasteiger charge is 2.27. The molecule has 0 unspecified atom stereocenters. The molecular weight excluding hydrogens is 342 g/mol. The first-order valence-corrected chi connectivity index (χ1v) is 9.40. The fourth-order valence-corrected chi connectivity index (χ4v) is 3.10. The maximum absolute atomic E-state index is 12.2. The second-order valence-electron chi connectivity index (χ2n) is 6.85. The van der Waals surface area contributed by atoms with Gasteiger partial charge >= 0.3 is 5.97 Å². The van der Waals surface area contributed by atoms with E-state index >= 15 is 0 Å². The molecule has 1 atom stereocenters. The van der Waals surface area contributed by atoms with Gasteiger partial charge in [0.1, 0.15) is 12.4 Å². The Morgan fingerprint density at radius 2 is 1.70 bits per heavy atom. The zero-order chi connectivity index (χ0) is 19.1. The molecule has 0 bridgehead atoms. The largest absolute Gasteiger partial charge is 0.489 e. The number of hydrogen-bond acceptors (Lipinski definition) is 4. The number of carbonyl (C=O) groups excluding carboxylic acids is 2. The predicted molar refractivity (Wildman–Crippen MR) is 103 cm³/mol. The van der Waals surface area contributed by atoms with Gasteiger partial charge in [0, 0.05) is 5.69 Å². The van der Waals surface area contributed by atoms with Gasteiger partial charge in [0.25, 0.3) is 5.91 Å². The van der Waals surface area contributed by atoms with E-state index in [1.165, 1.54) is 0 Å². The number of amides is 1. The van der Waals surface area contributed by atoms with E-state index in [1.54, 1.807) is 31.2 Å². The Bertz CT molecular complexity index is 752. The standard InChI is InChI=1S/C22H25NO4/c1-16(27-22(25)18-9-5-6-10-18)21(24)23-19-11-13-20(14-12-19)26-15-17-7-3-2-4-8-17/h2-4,7-8,11-14,16,18H,5-6,9-10,15H2,1H3,(H,23,24)/t16-/m0/s1. The van der Waals surface area contributed by atoms with E-state index in [0.29, 0.717) is 12.3 Å². The summed E-state index contributed by atoms with van der Waals surface area (Å²) in [7, 11) is 0. The van der Waals surface area contributed by atoms with Crippen LogP contribution in [0.5, 0.6) is 5.75 Å². The minimum Gasteiger partial charge on any atom is -0.489 e. The molecule has 1 aliphatic carbocycles. The van der Waals surface area contributed by atoms with Gasteiger partial charge in [0.15, 0.2) is 6.10 Å². The van der Waals surface area contributed by atoms with Gasteiger partial charge in [-0.05, 0) is 49.6 Å². The summed E-state index contributed by atoms with van der Waals surface area (Å²) in [6.07, 6.45) is 3.01. The molecule has 0 saturated heterocycles. The van der Waals surface area contributed by atoms with Crippen LogP contribution < -0.4 is 10.1 Å². The lowest BCUT2D eigenvalue weighted by atomic mass is 10.1. The van der Waals surface area contributed by atoms with E-state index in [4.69, 9.17) is 9.47 Å². The third-order valence-electron chi connectivity index (χ3n) is 4.72. The molecule has 0 aliphatic heterocycles. The van der Waals surface area contributed by atoms with Crippen LogP contribution in [0.4, 0.5) is 5.69 Å². The van der Waals surface area contributed by atoms with Crippen molar-refractivity contribution < 1.29 is 19.1 Å². The van der Waals surface area contributed by atoms with Crippen molar-refractivity contribution in [2.45, 2.75) is 45.3 Å². The van der Waals surface area contributed by atoms with Gasteiger partial charge in [-0.1, -0.05) is 43.2 Å². The summed E-state index contributed by atoms with van der Waals surface area (Å²) >= 11 is 0. The maximum atomic E-state index is 12.2. The van der Waals surface area contributed by atoms with E-state index in [0.717, 1.165) is 37.0 Å². The molecule has 5 nitrogen and oxygen atoms in total. The van der Waals surface area contributed by atoms with Crippen molar-refractivity contribution in [3.05, 3.63) is 60.2 Å². The average Bonchev–Trinajstić information content (AvgIpc) is 3.23. The van der Waals surface area contributed by atoms with Crippen molar-refractivity contribution in [3.8, 4) is 5.75 Å². The first kappa shape index (κ1) is 19.0. The van der Waals surface area contributed by atoms with Gasteiger partial charge in [0.05, 0.1) is 5.92 Å². The van der Waals surface area contributed by atoms with Crippen LogP contribution in [-0.2, 0) is 20.9 Å². The molecule has 1 aliphatic rings. The lowest BCUT2D eigenvalue weighted by Gasteiger charge is -2.16. The number of esters is 1. The van der Waals surface area contributed by atoms with Crippen LogP contribution in [0, 0.1) is 5.92 Å². The topological polar surface area (TPSA) is 64.6 Å². The first-order valence-electron chi connectivity index (χ1n) is 9.40. The Labute approximate surface area is 159 Å². The molecule has 0 heterocycles. The highest BCUT2D eigenvalue weighted by atomic mass is 16.5. The molecule has 142 valence electrons. The third-order valence-corrected chi connectivity index (χ3v) is 4.72. The predicted octanol–water partition coefficient (Wildman–Crippen LogP) is 4.33. The quantitative estimate of drug-likeness (QED) is 0.740. The number of rotatable bonds is 7. The summed E-state index contributed by atoms with van der Waals surface area (Å²) in [5.74, 6) is 0.0676. The Morgan fingerprint density at radius 1 is 1.04 bits per heavy atom. The molecular formula is C22H25NO4. The Morgan fingerprint density at radius 3 is 2.37 bits per heavy atom. The molecule has 5 heteroatoms. The monoisotopic (exact) mass is 367 g/mol. The fourth-order valence-electron chi connectivity index (χ4n) is 3.10. The van der Waals surface area contributed by atoms with Crippen LogP contribution in [0.25, 0.3) is 0 Å². The Balaban J connectivity index is 1.46. The third kappa shape index (κ3) is 5.58. The number of ether oxygens (including phenoxy) is 2. The molecule has 2 aromatic carbocycles. The molecule has 0 aromatic heterocycles. The highest BCUT2D eigenvalue weighted by Crippen LogP contribution is 2.26. The number of anilines is 1. The lowest BCUT2D eigenvalue weighted by molar-refractivity contribution is -0.157. The minimum atomic E-state index is -0.813. The molecule has 1 saturated carbocycles. The van der Waals surface area contributed by atoms with E-state index in [1.807, 2.05) is 30.3 Å². The normalized spacial score (nSPS) is 15.1. The smallest absolute Gasteiger partial charge is 0.309 e. The lowest BCUT2D eigenvalue weighted by Crippen LogP contribution is -2.31. The van der Waals surface area contributed by atoms with Crippen molar-refractivity contribution in [1.29, 1.82) is 0 Å². The molecule has 1 N–H and O–H groups in total. The van der Waals surface area contributed by atoms with E-state index in [9.17, 15) is 9.59 Å². The molecule has 27 heavy (non-hydrogen) atoms. The fraction of sp³-hybridized carbons (Fsp3) is 0.364. The van der Waals surface area contributed by atoms with Gasteiger partial charge in [-0.15, -0.1) is 0 Å². The van der Waals surface area contributed by atoms with Gasteiger partial charge in [0.2, 0.25) is 0 Å². The van der Waals surface area contributed by atoms with Crippen LogP contribution in [-0.4, -0.2) is 18.0 Å². The van der Waals surface area contributed by atoms with Gasteiger partial charge in [-0.2, -0.15) is 0 Å². The molecule has 2 aromatic rings. The summed E-state index contributed by atoms with van der Waals surface area (Å²) in [4.78, 5) is 24.3. The second-order valence-corrected chi connectivity index (χ2v) is 6.85. The van der Waals surface area contributed by atoms with Crippen molar-refractivity contribution in [3.63, 3.8) is 0 Å². The zero-order valence-electron chi connectivity index (χ0n) is 15.5. The van der Waals surface area contributed by atoms with Crippen molar-refractivity contribution in [2.24, 2.45) is 5.92 Å². The van der Waals surface area contributed by atoms with E-state index < -0.39 is 6.10 Å². The summed E-state index contributed by atoms with van der Waals surface area (Å²) in [5.41, 5.74) is 1.73. The second kappa shape index (κ2) is 9.21. The number of benzene rings is 2. The van der Waals surface area contributed by atoms with E-state index in [2.05, 4.69) is 5.32 Å². The minimum absolute atomic E-state index is 0.0544. The van der Waals surface area contributed by atoms with E-state index in [-0.39, 0.29) is 17.8 Å². The molecule has 1 fully saturated rings. The number of hydrogen-bond donors (Lipinski definition) is 1. The van der Waals surface area contributed by atoms with Crippen LogP contribution in [0.1, 0.15) is 38.2 Å². The molecule has 0 spiro atoms. The van der Waals surface area contributed by atoms with Crippen LogP contribution in [0.15, 0.2) is 54.6 Å². The van der Waals surface area contributed by atoms with Gasteiger partial charge in [-0.3, -0.25) is 9.59 Å². The number of carbonyl (C=O) groups is 2. The first-order chi connectivity index (χ1) is 13.1. The Hall–Kier alpha value is -2.82. The van der Waals surface area contributed by atoms with Crippen molar-refractivity contribution >= 4 is 17.6 Å². The van der Waals surface area contributed by atoms with Crippen molar-refractivity contribution in [1.82, 2.24) is 0 Å². The van der Waals surface area contributed by atoms with Crippen molar-refractivity contribution in [2.75, 3.05) is 5.32 Å². The van der Waals surface area contributed by atoms with Crippen LogP contribution in [0.2, 0.25) is 0 Å². The maximum Gasteiger partial charge on any atom is 0.309 e. The molecule has 3 rings (SSSR count). The molecule has 1 amide bonds. The van der Waals surface area contributed by atoms with Crippen LogP contribution in [0.3, 0.4) is 0 Å². The summed E-state index contributed by atoms with van der Waals surface area (Å²) < 4.78 is 11.0. The highest BCUT2D eigenvalue weighted by molar-refractivity contribution is 5.95. The summed E-state index contributed by atoms with van der Waals surface area (Å²) in [6.45, 7) is 2.08. The Kier molecular flexibility index (Phi) is 6.47. The SMILES string of the molecule is C[C@H](OC(=O)C1CCCC1)C(=O)Nc1ccc(OCc2ccccc2)cc1.